The summed E-state index contributed by atoms with van der Waals surface area (Å²) < 4.78 is 5.77. The zero-order chi connectivity index (χ0) is 19.0. The van der Waals surface area contributed by atoms with Crippen LogP contribution in [0.15, 0.2) is 66.7 Å². The number of anilines is 1. The highest BCUT2D eigenvalue weighted by Gasteiger charge is 2.34. The van der Waals surface area contributed by atoms with Crippen molar-refractivity contribution in [3.63, 3.8) is 0 Å². The van der Waals surface area contributed by atoms with Gasteiger partial charge < -0.3 is 9.53 Å². The van der Waals surface area contributed by atoms with Gasteiger partial charge in [0.05, 0.1) is 12.0 Å². The van der Waals surface area contributed by atoms with Gasteiger partial charge in [0.2, 0.25) is 0 Å². The van der Waals surface area contributed by atoms with Crippen LogP contribution in [0.5, 0.6) is 11.5 Å². The summed E-state index contributed by atoms with van der Waals surface area (Å²) in [6.45, 7) is 2.00. The maximum absolute atomic E-state index is 12.6. The van der Waals surface area contributed by atoms with Crippen LogP contribution in [0, 0.1) is 6.92 Å². The van der Waals surface area contributed by atoms with Crippen molar-refractivity contribution < 1.29 is 19.1 Å². The molecule has 0 saturated carbocycles. The molecule has 0 aromatic heterocycles. The zero-order valence-corrected chi connectivity index (χ0v) is 14.4. The van der Waals surface area contributed by atoms with E-state index in [4.69, 9.17) is 4.74 Å². The summed E-state index contributed by atoms with van der Waals surface area (Å²) in [7, 11) is 0. The number of imide groups is 1. The predicted molar refractivity (Wildman–Crippen MR) is 100 cm³/mol. The van der Waals surface area contributed by atoms with Gasteiger partial charge in [-0.3, -0.25) is 9.59 Å². The lowest BCUT2D eigenvalue weighted by molar-refractivity contribution is 0.0926. The second-order valence-electron chi connectivity index (χ2n) is 6.22. The largest absolute Gasteiger partial charge is 0.457 e. The molecule has 2 amide bonds. The van der Waals surface area contributed by atoms with Crippen molar-refractivity contribution in [3.8, 4) is 11.5 Å². The van der Waals surface area contributed by atoms with E-state index in [1.54, 1.807) is 30.6 Å². The quantitative estimate of drug-likeness (QED) is 0.523. The molecule has 0 N–H and O–H groups in total. The Hall–Kier alpha value is -3.73. The van der Waals surface area contributed by atoms with Gasteiger partial charge in [-0.1, -0.05) is 17.7 Å². The monoisotopic (exact) mass is 356 g/mol. The number of aryl methyl sites for hydroxylation is 1. The maximum Gasteiger partial charge on any atom is 0.263 e. The second-order valence-corrected chi connectivity index (χ2v) is 6.22. The van der Waals surface area contributed by atoms with Crippen LogP contribution in [0.4, 0.5) is 5.69 Å². The van der Waals surface area contributed by atoms with E-state index in [0.29, 0.717) is 17.2 Å². The number of carbonyl (C=O) groups is 2. The normalized spacial score (nSPS) is 12.9. The van der Waals surface area contributed by atoms with Crippen molar-refractivity contribution >= 4 is 23.8 Å². The summed E-state index contributed by atoms with van der Waals surface area (Å²) >= 11 is 0. The lowest BCUT2D eigenvalue weighted by Gasteiger charge is -2.15. The van der Waals surface area contributed by atoms with E-state index in [9.17, 15) is 14.4 Å². The van der Waals surface area contributed by atoms with Crippen molar-refractivity contribution in [2.75, 3.05) is 4.90 Å². The summed E-state index contributed by atoms with van der Waals surface area (Å²) in [4.78, 5) is 37.1. The Bertz CT molecular complexity index is 1050. The van der Waals surface area contributed by atoms with Crippen LogP contribution in [0.2, 0.25) is 0 Å². The number of rotatable bonds is 4. The first-order chi connectivity index (χ1) is 13.1. The third-order valence-corrected chi connectivity index (χ3v) is 4.36. The molecule has 0 unspecified atom stereocenters. The molecule has 1 aliphatic heterocycles. The highest BCUT2D eigenvalue weighted by Crippen LogP contribution is 2.31. The topological polar surface area (TPSA) is 63.7 Å². The van der Waals surface area contributed by atoms with Crippen molar-refractivity contribution in [1.82, 2.24) is 0 Å². The summed E-state index contributed by atoms with van der Waals surface area (Å²) in [5.74, 6) is 0.419. The third-order valence-electron chi connectivity index (χ3n) is 4.36. The lowest BCUT2D eigenvalue weighted by atomic mass is 10.1. The smallest absolute Gasteiger partial charge is 0.263 e. The minimum atomic E-state index is -0.459. The van der Waals surface area contributed by atoms with Crippen LogP contribution in [-0.4, -0.2) is 18.1 Å². The van der Waals surface area contributed by atoms with E-state index in [0.717, 1.165) is 10.5 Å². The zero-order valence-electron chi connectivity index (χ0n) is 14.4. The molecule has 0 spiro atoms. The number of ether oxygens (including phenoxy) is 1. The average molecular weight is 356 g/mol. The van der Waals surface area contributed by atoms with Crippen LogP contribution in [0.1, 0.15) is 31.8 Å². The Morgan fingerprint density at radius 3 is 2.00 bits per heavy atom. The average Bonchev–Trinajstić information content (AvgIpc) is 2.94. The Labute approximate surface area is 155 Å². The minimum Gasteiger partial charge on any atom is -0.457 e. The van der Waals surface area contributed by atoms with Crippen LogP contribution in [0.3, 0.4) is 0 Å². The third kappa shape index (κ3) is 3.00. The number of fused-ring (bicyclic) bond motifs is 1. The van der Waals surface area contributed by atoms with E-state index in [2.05, 4.69) is 0 Å². The highest BCUT2D eigenvalue weighted by molar-refractivity contribution is 6.34. The predicted octanol–water partition coefficient (Wildman–Crippen LogP) is 4.05. The van der Waals surface area contributed by atoms with E-state index in [1.807, 2.05) is 31.2 Å². The van der Waals surface area contributed by atoms with Gasteiger partial charge in [0.1, 0.15) is 11.5 Å². The van der Waals surface area contributed by atoms with Gasteiger partial charge in [0.15, 0.2) is 0 Å². The van der Waals surface area contributed by atoms with Gasteiger partial charge in [-0.05, 0) is 48.9 Å². The van der Waals surface area contributed by atoms with Crippen LogP contribution in [-0.2, 0) is 4.79 Å². The van der Waals surface area contributed by atoms with E-state index in [-0.39, 0.29) is 16.7 Å². The molecule has 3 aromatic carbocycles. The molecule has 0 fully saturated rings. The van der Waals surface area contributed by atoms with Crippen molar-refractivity contribution in [2.24, 2.45) is 0 Å². The molecule has 5 heteroatoms. The van der Waals surface area contributed by atoms with E-state index in [1.165, 1.54) is 18.2 Å². The molecule has 5 nitrogen and oxygen atoms in total. The number of hydrogen-bond donors (Lipinski definition) is 0. The molecule has 0 atom stereocenters. The number of benzene rings is 3. The summed E-state index contributed by atoms with van der Waals surface area (Å²) in [5.41, 5.74) is 2.30. The first kappa shape index (κ1) is 16.7. The van der Waals surface area contributed by atoms with E-state index >= 15 is 0 Å². The molecular weight excluding hydrogens is 342 g/mol. The molecule has 4 rings (SSSR count). The fourth-order valence-electron chi connectivity index (χ4n) is 2.94. The van der Waals surface area contributed by atoms with Gasteiger partial charge in [-0.25, -0.2) is 4.90 Å². The Balaban J connectivity index is 1.59. The van der Waals surface area contributed by atoms with Gasteiger partial charge >= 0.3 is 0 Å². The Morgan fingerprint density at radius 2 is 1.37 bits per heavy atom. The van der Waals surface area contributed by atoms with Gasteiger partial charge in [-0.15, -0.1) is 12.1 Å². The number of hydrogen-bond acceptors (Lipinski definition) is 4. The molecule has 0 radical (unpaired) electrons. The first-order valence-electron chi connectivity index (χ1n) is 8.32. The van der Waals surface area contributed by atoms with Gasteiger partial charge in [0.25, 0.3) is 11.8 Å². The Morgan fingerprint density at radius 1 is 0.778 bits per heavy atom. The molecule has 0 aliphatic carbocycles. The highest BCUT2D eigenvalue weighted by atomic mass is 16.5. The van der Waals surface area contributed by atoms with Crippen LogP contribution >= 0.6 is 0 Å². The summed E-state index contributed by atoms with van der Waals surface area (Å²) in [6.07, 6.45) is 1.73. The maximum atomic E-state index is 12.6. The van der Waals surface area contributed by atoms with E-state index < -0.39 is 11.8 Å². The van der Waals surface area contributed by atoms with Crippen LogP contribution in [0.25, 0.3) is 0 Å². The lowest BCUT2D eigenvalue weighted by Crippen LogP contribution is -2.29. The number of carbonyl (C=O) groups excluding carboxylic acids is 3. The number of nitrogens with zero attached hydrogens (tertiary/aromatic N) is 1. The van der Waals surface area contributed by atoms with Gasteiger partial charge in [0, 0.05) is 5.56 Å². The molecule has 0 bridgehead atoms. The molecular formula is C22H14NO4-. The molecule has 1 heterocycles. The standard InChI is InChI=1S/C22H14NO4/c1-14-2-7-17(8-3-14)27-18-9-5-16(6-10-18)23-21(25)19-11-4-15(13-24)12-20(19)22(23)26/h2-12H,1H3/q-1. The Kier molecular flexibility index (Phi) is 4.05. The van der Waals surface area contributed by atoms with Crippen LogP contribution < -0.4 is 9.64 Å². The fourth-order valence-corrected chi connectivity index (χ4v) is 2.94. The second kappa shape index (κ2) is 6.53. The fraction of sp³-hybridized carbons (Fsp3) is 0.0455. The molecule has 3 aromatic rings. The van der Waals surface area contributed by atoms with Crippen molar-refractivity contribution in [1.29, 1.82) is 0 Å². The number of amides is 2. The molecule has 132 valence electrons. The SMILES string of the molecule is Cc1ccc(Oc2ccc(N3C(=O)c4ccc([C-]=O)cc4C3=O)cc2)cc1. The van der Waals surface area contributed by atoms with Crippen molar-refractivity contribution in [3.05, 3.63) is 89.0 Å². The van der Waals surface area contributed by atoms with Gasteiger partial charge in [-0.2, -0.15) is 11.6 Å². The molecule has 1 aliphatic rings. The summed E-state index contributed by atoms with van der Waals surface area (Å²) in [5, 5.41) is 0. The van der Waals surface area contributed by atoms with Crippen molar-refractivity contribution in [2.45, 2.75) is 6.92 Å². The minimum absolute atomic E-state index is 0.209. The molecule has 27 heavy (non-hydrogen) atoms. The molecule has 0 saturated heterocycles. The summed E-state index contributed by atoms with van der Waals surface area (Å²) in [6, 6.07) is 18.7. The first-order valence-corrected chi connectivity index (χ1v) is 8.32.